The van der Waals surface area contributed by atoms with Gasteiger partial charge in [-0.1, -0.05) is 0 Å². The summed E-state index contributed by atoms with van der Waals surface area (Å²) in [6, 6.07) is 1.81. The standard InChI is InChI=1S/C14H21BrN2O3/c1-2-19-7-8-20-12-3-5-17(6-4-12)14(18)13-9-11(15)10-16-13/h9-10,12,16H,2-8H2,1H3. The van der Waals surface area contributed by atoms with Gasteiger partial charge in [-0.25, -0.2) is 0 Å². The first-order valence-corrected chi connectivity index (χ1v) is 7.82. The maximum absolute atomic E-state index is 12.2. The minimum absolute atomic E-state index is 0.0588. The minimum Gasteiger partial charge on any atom is -0.379 e. The summed E-state index contributed by atoms with van der Waals surface area (Å²) >= 11 is 3.34. The van der Waals surface area contributed by atoms with E-state index in [1.54, 1.807) is 6.20 Å². The molecule has 1 aromatic heterocycles. The topological polar surface area (TPSA) is 54.6 Å². The van der Waals surface area contributed by atoms with Crippen LogP contribution in [0.15, 0.2) is 16.7 Å². The first kappa shape index (κ1) is 15.5. The van der Waals surface area contributed by atoms with Gasteiger partial charge in [-0.2, -0.15) is 0 Å². The van der Waals surface area contributed by atoms with E-state index in [0.717, 1.165) is 37.0 Å². The lowest BCUT2D eigenvalue weighted by Gasteiger charge is -2.31. The SMILES string of the molecule is CCOCCOC1CCN(C(=O)c2cc(Br)c[nH]2)CC1. The smallest absolute Gasteiger partial charge is 0.270 e. The molecule has 0 aliphatic carbocycles. The van der Waals surface area contributed by atoms with Crippen molar-refractivity contribution in [3.8, 4) is 0 Å². The molecule has 2 rings (SSSR count). The van der Waals surface area contributed by atoms with Crippen molar-refractivity contribution in [2.75, 3.05) is 32.9 Å². The van der Waals surface area contributed by atoms with E-state index < -0.39 is 0 Å². The van der Waals surface area contributed by atoms with Gasteiger partial charge in [-0.15, -0.1) is 0 Å². The second-order valence-electron chi connectivity index (χ2n) is 4.79. The predicted molar refractivity (Wildman–Crippen MR) is 79.9 cm³/mol. The van der Waals surface area contributed by atoms with Crippen LogP contribution in [0.3, 0.4) is 0 Å². The van der Waals surface area contributed by atoms with Crippen LogP contribution in [0.1, 0.15) is 30.3 Å². The zero-order valence-electron chi connectivity index (χ0n) is 11.7. The Kier molecular flexibility index (Phi) is 6.06. The molecule has 6 heteroatoms. The van der Waals surface area contributed by atoms with Crippen LogP contribution >= 0.6 is 15.9 Å². The normalized spacial score (nSPS) is 16.6. The number of nitrogens with zero attached hydrogens (tertiary/aromatic N) is 1. The summed E-state index contributed by atoms with van der Waals surface area (Å²) in [6.07, 6.45) is 3.80. The highest BCUT2D eigenvalue weighted by molar-refractivity contribution is 9.10. The van der Waals surface area contributed by atoms with Gasteiger partial charge in [0, 0.05) is 30.4 Å². The summed E-state index contributed by atoms with van der Waals surface area (Å²) in [4.78, 5) is 17.1. The molecule has 0 radical (unpaired) electrons. The summed E-state index contributed by atoms with van der Waals surface area (Å²) in [7, 11) is 0. The monoisotopic (exact) mass is 344 g/mol. The van der Waals surface area contributed by atoms with Crippen LogP contribution < -0.4 is 0 Å². The highest BCUT2D eigenvalue weighted by Gasteiger charge is 2.24. The number of aromatic nitrogens is 1. The van der Waals surface area contributed by atoms with Gasteiger partial charge < -0.3 is 19.4 Å². The van der Waals surface area contributed by atoms with Crippen LogP contribution in [-0.4, -0.2) is 54.8 Å². The van der Waals surface area contributed by atoms with Gasteiger partial charge in [0.05, 0.1) is 19.3 Å². The summed E-state index contributed by atoms with van der Waals surface area (Å²) < 4.78 is 11.9. The molecular weight excluding hydrogens is 324 g/mol. The van der Waals surface area contributed by atoms with E-state index in [4.69, 9.17) is 9.47 Å². The molecule has 1 aliphatic rings. The maximum atomic E-state index is 12.2. The van der Waals surface area contributed by atoms with E-state index in [-0.39, 0.29) is 12.0 Å². The Morgan fingerprint density at radius 2 is 2.20 bits per heavy atom. The quantitative estimate of drug-likeness (QED) is 0.806. The number of H-pyrrole nitrogens is 1. The second kappa shape index (κ2) is 7.81. The number of amides is 1. The molecule has 112 valence electrons. The van der Waals surface area contributed by atoms with Crippen LogP contribution in [0.4, 0.5) is 0 Å². The number of piperidine rings is 1. The molecule has 1 N–H and O–H groups in total. The van der Waals surface area contributed by atoms with Gasteiger partial charge in [0.15, 0.2) is 0 Å². The molecule has 0 bridgehead atoms. The van der Waals surface area contributed by atoms with Gasteiger partial charge in [0.1, 0.15) is 5.69 Å². The zero-order valence-corrected chi connectivity index (χ0v) is 13.3. The highest BCUT2D eigenvalue weighted by atomic mass is 79.9. The summed E-state index contributed by atoms with van der Waals surface area (Å²) in [5.74, 6) is 0.0588. The van der Waals surface area contributed by atoms with Crippen molar-refractivity contribution in [2.24, 2.45) is 0 Å². The molecule has 0 saturated carbocycles. The molecule has 1 saturated heterocycles. The van der Waals surface area contributed by atoms with Gasteiger partial charge >= 0.3 is 0 Å². The van der Waals surface area contributed by atoms with Crippen LogP contribution in [-0.2, 0) is 9.47 Å². The highest BCUT2D eigenvalue weighted by Crippen LogP contribution is 2.18. The molecule has 1 amide bonds. The number of nitrogens with one attached hydrogen (secondary N) is 1. The molecule has 1 aliphatic heterocycles. The molecule has 1 aromatic rings. The van der Waals surface area contributed by atoms with Crippen LogP contribution in [0.2, 0.25) is 0 Å². The Bertz CT molecular complexity index is 428. The lowest BCUT2D eigenvalue weighted by atomic mass is 10.1. The van der Waals surface area contributed by atoms with E-state index in [1.807, 2.05) is 17.9 Å². The lowest BCUT2D eigenvalue weighted by molar-refractivity contribution is -0.0183. The zero-order chi connectivity index (χ0) is 14.4. The van der Waals surface area contributed by atoms with Crippen LogP contribution in [0, 0.1) is 0 Å². The molecule has 0 unspecified atom stereocenters. The number of hydrogen-bond donors (Lipinski definition) is 1. The molecule has 0 spiro atoms. The molecular formula is C14H21BrN2O3. The van der Waals surface area contributed by atoms with Crippen molar-refractivity contribution in [3.63, 3.8) is 0 Å². The average Bonchev–Trinajstić information content (AvgIpc) is 2.90. The lowest BCUT2D eigenvalue weighted by Crippen LogP contribution is -2.41. The van der Waals surface area contributed by atoms with Crippen molar-refractivity contribution >= 4 is 21.8 Å². The Morgan fingerprint density at radius 1 is 1.45 bits per heavy atom. The fourth-order valence-corrected chi connectivity index (χ4v) is 2.65. The number of aromatic amines is 1. The van der Waals surface area contributed by atoms with Crippen LogP contribution in [0.25, 0.3) is 0 Å². The van der Waals surface area contributed by atoms with E-state index >= 15 is 0 Å². The van der Waals surface area contributed by atoms with Gasteiger partial charge in [0.2, 0.25) is 0 Å². The molecule has 20 heavy (non-hydrogen) atoms. The molecule has 0 atom stereocenters. The number of carbonyl (C=O) groups is 1. The summed E-state index contributed by atoms with van der Waals surface area (Å²) in [6.45, 7) is 5.47. The average molecular weight is 345 g/mol. The van der Waals surface area contributed by atoms with Crippen molar-refractivity contribution in [1.29, 1.82) is 0 Å². The number of likely N-dealkylation sites (tertiary alicyclic amines) is 1. The minimum atomic E-state index is 0.0588. The largest absolute Gasteiger partial charge is 0.379 e. The third kappa shape index (κ3) is 4.33. The van der Waals surface area contributed by atoms with Crippen molar-refractivity contribution < 1.29 is 14.3 Å². The fourth-order valence-electron chi connectivity index (χ4n) is 2.31. The van der Waals surface area contributed by atoms with Crippen molar-refractivity contribution in [2.45, 2.75) is 25.9 Å². The first-order valence-electron chi connectivity index (χ1n) is 7.03. The van der Waals surface area contributed by atoms with Crippen LogP contribution in [0.5, 0.6) is 0 Å². The third-order valence-corrected chi connectivity index (χ3v) is 3.85. The molecule has 1 fully saturated rings. The Balaban J connectivity index is 1.72. The van der Waals surface area contributed by atoms with E-state index in [0.29, 0.717) is 18.9 Å². The molecule has 2 heterocycles. The number of carbonyl (C=O) groups excluding carboxylic acids is 1. The third-order valence-electron chi connectivity index (χ3n) is 3.39. The van der Waals surface area contributed by atoms with Gasteiger partial charge in [-0.3, -0.25) is 4.79 Å². The Labute approximate surface area is 127 Å². The number of ether oxygens (including phenoxy) is 2. The number of halogens is 1. The maximum Gasteiger partial charge on any atom is 0.270 e. The van der Waals surface area contributed by atoms with Gasteiger partial charge in [-0.05, 0) is 41.8 Å². The van der Waals surface area contributed by atoms with Crippen molar-refractivity contribution in [3.05, 3.63) is 22.4 Å². The van der Waals surface area contributed by atoms with E-state index in [1.165, 1.54) is 0 Å². The second-order valence-corrected chi connectivity index (χ2v) is 5.71. The van der Waals surface area contributed by atoms with E-state index in [9.17, 15) is 4.79 Å². The predicted octanol–water partition coefficient (Wildman–Crippen LogP) is 2.43. The van der Waals surface area contributed by atoms with Gasteiger partial charge in [0.25, 0.3) is 5.91 Å². The number of rotatable bonds is 6. The Morgan fingerprint density at radius 3 is 2.80 bits per heavy atom. The molecule has 0 aromatic carbocycles. The summed E-state index contributed by atoms with van der Waals surface area (Å²) in [5, 5.41) is 0. The molecule has 5 nitrogen and oxygen atoms in total. The summed E-state index contributed by atoms with van der Waals surface area (Å²) in [5.41, 5.74) is 0.632. The Hall–Kier alpha value is -0.850. The van der Waals surface area contributed by atoms with Crippen molar-refractivity contribution in [1.82, 2.24) is 9.88 Å². The number of hydrogen-bond acceptors (Lipinski definition) is 3. The first-order chi connectivity index (χ1) is 9.70. The van der Waals surface area contributed by atoms with E-state index in [2.05, 4.69) is 20.9 Å². The fraction of sp³-hybridized carbons (Fsp3) is 0.643.